The van der Waals surface area contributed by atoms with E-state index in [9.17, 15) is 0 Å². The van der Waals surface area contributed by atoms with E-state index in [1.54, 1.807) is 0 Å². The van der Waals surface area contributed by atoms with Crippen LogP contribution in [-0.4, -0.2) is 13.1 Å². The zero-order valence-electron chi connectivity index (χ0n) is 8.82. The Bertz CT molecular complexity index is 168. The van der Waals surface area contributed by atoms with Crippen LogP contribution in [-0.2, 0) is 32.7 Å². The number of hydrogen-bond acceptors (Lipinski definition) is 0. The smallest absolute Gasteiger partial charge is 0 e. The number of benzene rings is 1. The Morgan fingerprint density at radius 2 is 1.64 bits per heavy atom. The van der Waals surface area contributed by atoms with Gasteiger partial charge >= 0.3 is 0 Å². The Hall–Kier alpha value is 0.284. The predicted octanol–water partition coefficient (Wildman–Crippen LogP) is 3.27. The molecule has 0 bridgehead atoms. The maximum Gasteiger partial charge on any atom is 0 e. The summed E-state index contributed by atoms with van der Waals surface area (Å²) in [6, 6.07) is 12.5. The molecule has 2 rings (SSSR count). The van der Waals surface area contributed by atoms with E-state index in [4.69, 9.17) is 0 Å². The van der Waals surface area contributed by atoms with Gasteiger partial charge in [0, 0.05) is 32.7 Å². The molecule has 0 unspecified atom stereocenters. The molecule has 1 saturated heterocycles. The Morgan fingerprint density at radius 3 is 1.86 bits per heavy atom. The quantitative estimate of drug-likeness (QED) is 0.638. The first-order valence-electron chi connectivity index (χ1n) is 4.94. The second-order valence-corrected chi connectivity index (χ2v) is 3.43. The molecule has 0 atom stereocenters. The van der Waals surface area contributed by atoms with Crippen molar-refractivity contribution in [1.82, 2.24) is 0 Å². The van der Waals surface area contributed by atoms with Crippen LogP contribution in [0.25, 0.3) is 5.32 Å². The van der Waals surface area contributed by atoms with E-state index in [2.05, 4.69) is 18.3 Å². The van der Waals surface area contributed by atoms with Crippen LogP contribution in [0.4, 0.5) is 0 Å². The van der Waals surface area contributed by atoms with Crippen LogP contribution in [0.15, 0.2) is 30.3 Å². The molecule has 0 N–H and O–H groups in total. The van der Waals surface area contributed by atoms with E-state index in [-0.39, 0.29) is 32.7 Å². The zero-order chi connectivity index (χ0) is 9.36. The average Bonchev–Trinajstić information content (AvgIpc) is 2.22. The molecule has 0 spiro atoms. The summed E-state index contributed by atoms with van der Waals surface area (Å²) in [5, 5.41) is 4.23. The van der Waals surface area contributed by atoms with Crippen LogP contribution in [0.5, 0.6) is 0 Å². The van der Waals surface area contributed by atoms with Gasteiger partial charge in [-0.05, 0) is 5.92 Å². The van der Waals surface area contributed by atoms with Crippen molar-refractivity contribution in [2.75, 3.05) is 13.1 Å². The van der Waals surface area contributed by atoms with Crippen LogP contribution in [0.1, 0.15) is 19.8 Å². The van der Waals surface area contributed by atoms with Gasteiger partial charge in [-0.2, -0.15) is 36.4 Å². The molecular weight excluding hydrogens is 247 g/mol. The first-order valence-corrected chi connectivity index (χ1v) is 4.94. The molecule has 2 heteroatoms. The fourth-order valence-corrected chi connectivity index (χ4v) is 1.22. The summed E-state index contributed by atoms with van der Waals surface area (Å²) in [6.07, 6.45) is 2.64. The number of rotatable bonds is 0. The van der Waals surface area contributed by atoms with Crippen molar-refractivity contribution in [3.8, 4) is 0 Å². The SMILES string of the molecule is CC1CC[N-]CC1.[Y].[c-]1ccccc1. The van der Waals surface area contributed by atoms with Crippen LogP contribution in [0.3, 0.4) is 0 Å². The van der Waals surface area contributed by atoms with Gasteiger partial charge in [0.25, 0.3) is 0 Å². The van der Waals surface area contributed by atoms with Gasteiger partial charge in [-0.3, -0.25) is 0 Å². The Balaban J connectivity index is 0.000000227. The summed E-state index contributed by atoms with van der Waals surface area (Å²) in [4.78, 5) is 0. The van der Waals surface area contributed by atoms with E-state index in [0.29, 0.717) is 0 Å². The molecule has 75 valence electrons. The average molecular weight is 264 g/mol. The molecule has 0 saturated carbocycles. The summed E-state index contributed by atoms with van der Waals surface area (Å²) < 4.78 is 0. The second kappa shape index (κ2) is 9.82. The van der Waals surface area contributed by atoms with Crippen molar-refractivity contribution in [1.29, 1.82) is 0 Å². The maximum absolute atomic E-state index is 4.23. The fourth-order valence-electron chi connectivity index (χ4n) is 1.22. The molecule has 0 amide bonds. The third-order valence-corrected chi connectivity index (χ3v) is 2.17. The van der Waals surface area contributed by atoms with Crippen LogP contribution in [0, 0.1) is 12.0 Å². The minimum absolute atomic E-state index is 0. The molecule has 1 nitrogen and oxygen atoms in total. The van der Waals surface area contributed by atoms with Gasteiger partial charge in [0.2, 0.25) is 0 Å². The summed E-state index contributed by atoms with van der Waals surface area (Å²) >= 11 is 0. The summed E-state index contributed by atoms with van der Waals surface area (Å²) in [6.45, 7) is 4.52. The van der Waals surface area contributed by atoms with Crippen molar-refractivity contribution in [2.45, 2.75) is 19.8 Å². The van der Waals surface area contributed by atoms with Crippen molar-refractivity contribution < 1.29 is 32.7 Å². The van der Waals surface area contributed by atoms with Gasteiger partial charge < -0.3 is 5.32 Å². The van der Waals surface area contributed by atoms with E-state index >= 15 is 0 Å². The molecule has 1 aliphatic heterocycles. The molecule has 0 aromatic heterocycles. The number of hydrogen-bond donors (Lipinski definition) is 0. The van der Waals surface area contributed by atoms with Crippen molar-refractivity contribution in [3.63, 3.8) is 0 Å². The fraction of sp³-hybridized carbons (Fsp3) is 0.500. The molecule has 1 aliphatic rings. The van der Waals surface area contributed by atoms with Gasteiger partial charge in [0.15, 0.2) is 0 Å². The minimum atomic E-state index is 0. The Morgan fingerprint density at radius 1 is 1.07 bits per heavy atom. The van der Waals surface area contributed by atoms with Crippen LogP contribution in [0.2, 0.25) is 0 Å². The Kier molecular flexibility index (Phi) is 10.0. The summed E-state index contributed by atoms with van der Waals surface area (Å²) in [5.74, 6) is 0.942. The zero-order valence-corrected chi connectivity index (χ0v) is 11.7. The van der Waals surface area contributed by atoms with Gasteiger partial charge in [-0.25, -0.2) is 0 Å². The van der Waals surface area contributed by atoms with Crippen molar-refractivity contribution >= 4 is 0 Å². The number of piperidine rings is 1. The topological polar surface area (TPSA) is 14.1 Å². The van der Waals surface area contributed by atoms with E-state index < -0.39 is 0 Å². The van der Waals surface area contributed by atoms with Gasteiger partial charge in [-0.15, -0.1) is 13.1 Å². The molecule has 1 radical (unpaired) electrons. The van der Waals surface area contributed by atoms with Gasteiger partial charge in [-0.1, -0.05) is 19.8 Å². The molecule has 1 aromatic rings. The monoisotopic (exact) mass is 264 g/mol. The molecule has 14 heavy (non-hydrogen) atoms. The Labute approximate surface area is 113 Å². The molecule has 1 heterocycles. The first kappa shape index (κ1) is 14.3. The maximum atomic E-state index is 4.23. The predicted molar refractivity (Wildman–Crippen MR) is 56.8 cm³/mol. The van der Waals surface area contributed by atoms with Crippen LogP contribution < -0.4 is 0 Å². The third kappa shape index (κ3) is 7.67. The van der Waals surface area contributed by atoms with Crippen molar-refractivity contribution in [3.05, 3.63) is 41.7 Å². The molecular formula is C12H17NY-2. The molecule has 0 aliphatic carbocycles. The first-order chi connectivity index (χ1) is 6.39. The normalized spacial score (nSPS) is 16.1. The third-order valence-electron chi connectivity index (χ3n) is 2.17. The van der Waals surface area contributed by atoms with E-state index in [0.717, 1.165) is 19.0 Å². The second-order valence-electron chi connectivity index (χ2n) is 3.43. The standard InChI is InChI=1S/C6H12N.C6H5.Y/c1-6-2-4-7-5-3-6;1-2-4-6-5-3-1;/h6H,2-5H2,1H3;1-5H;/q2*-1;. The summed E-state index contributed by atoms with van der Waals surface area (Å²) in [7, 11) is 0. The van der Waals surface area contributed by atoms with Gasteiger partial charge in [0.05, 0.1) is 0 Å². The van der Waals surface area contributed by atoms with Gasteiger partial charge in [0.1, 0.15) is 0 Å². The summed E-state index contributed by atoms with van der Waals surface area (Å²) in [5.41, 5.74) is 0. The number of nitrogens with zero attached hydrogens (tertiary/aromatic N) is 1. The van der Waals surface area contributed by atoms with Crippen LogP contribution >= 0.6 is 0 Å². The molecule has 1 fully saturated rings. The van der Waals surface area contributed by atoms with E-state index in [1.165, 1.54) is 12.8 Å². The minimum Gasteiger partial charge on any atom is -0.662 e. The van der Waals surface area contributed by atoms with E-state index in [1.807, 2.05) is 30.3 Å². The molecule has 1 aromatic carbocycles. The van der Waals surface area contributed by atoms with Crippen molar-refractivity contribution in [2.24, 2.45) is 5.92 Å². The largest absolute Gasteiger partial charge is 0.662 e.